The van der Waals surface area contributed by atoms with Gasteiger partial charge < -0.3 is 9.47 Å². The van der Waals surface area contributed by atoms with Crippen LogP contribution in [0.15, 0.2) is 29.2 Å². The van der Waals surface area contributed by atoms with Gasteiger partial charge >= 0.3 is 0 Å². The summed E-state index contributed by atoms with van der Waals surface area (Å²) in [6.07, 6.45) is 14.3. The molecule has 0 saturated carbocycles. The van der Waals surface area contributed by atoms with Crippen LogP contribution in [0, 0.1) is 6.92 Å². The Morgan fingerprint density at radius 2 is 1.33 bits per heavy atom. The Bertz CT molecular complexity index is 671. The lowest BCUT2D eigenvalue weighted by Crippen LogP contribution is -2.14. The van der Waals surface area contributed by atoms with Gasteiger partial charge in [0.25, 0.3) is 10.1 Å². The van der Waals surface area contributed by atoms with Gasteiger partial charge in [0.05, 0.1) is 18.1 Å². The zero-order chi connectivity index (χ0) is 21.7. The number of ether oxygens (including phenoxy) is 2. The molecule has 0 aliphatic carbocycles. The summed E-state index contributed by atoms with van der Waals surface area (Å²) in [5.41, 5.74) is 1.01. The Balaban J connectivity index is 1.40. The van der Waals surface area contributed by atoms with Crippen molar-refractivity contribution in [1.29, 1.82) is 0 Å². The first-order chi connectivity index (χ1) is 14.5. The van der Waals surface area contributed by atoms with Crippen LogP contribution in [0.2, 0.25) is 0 Å². The first kappa shape index (κ1) is 25.3. The highest BCUT2D eigenvalue weighted by atomic mass is 32.2. The first-order valence-electron chi connectivity index (χ1n) is 11.7. The van der Waals surface area contributed by atoms with Gasteiger partial charge in [0.1, 0.15) is 12.2 Å². The molecule has 0 N–H and O–H groups in total. The highest BCUT2D eigenvalue weighted by molar-refractivity contribution is 7.86. The van der Waals surface area contributed by atoms with Crippen LogP contribution in [0.1, 0.15) is 83.1 Å². The fourth-order valence-electron chi connectivity index (χ4n) is 3.47. The minimum absolute atomic E-state index is 0.0443. The fourth-order valence-corrected chi connectivity index (χ4v) is 4.39. The number of benzene rings is 1. The number of unbranched alkanes of at least 4 members (excludes halogenated alkanes) is 10. The second-order valence-electron chi connectivity index (χ2n) is 8.38. The molecule has 0 spiro atoms. The van der Waals surface area contributed by atoms with E-state index in [2.05, 4.69) is 6.92 Å². The third-order valence-corrected chi connectivity index (χ3v) is 6.86. The molecule has 0 radical (unpaired) electrons. The zero-order valence-electron chi connectivity index (χ0n) is 18.8. The molecule has 30 heavy (non-hydrogen) atoms. The molecule has 0 unspecified atom stereocenters. The predicted molar refractivity (Wildman–Crippen MR) is 120 cm³/mol. The summed E-state index contributed by atoms with van der Waals surface area (Å²) >= 11 is 0. The van der Waals surface area contributed by atoms with Crippen molar-refractivity contribution in [2.75, 3.05) is 19.8 Å². The second kappa shape index (κ2) is 14.2. The van der Waals surface area contributed by atoms with Gasteiger partial charge in [-0.05, 0) is 25.5 Å². The predicted octanol–water partition coefficient (Wildman–Crippen LogP) is 5.80. The van der Waals surface area contributed by atoms with Crippen molar-refractivity contribution in [3.05, 3.63) is 29.8 Å². The van der Waals surface area contributed by atoms with Crippen LogP contribution in [0.4, 0.5) is 0 Å². The molecule has 0 amide bonds. The highest BCUT2D eigenvalue weighted by Crippen LogP contribution is 2.24. The van der Waals surface area contributed by atoms with Crippen LogP contribution in [0.5, 0.6) is 0 Å². The largest absolute Gasteiger partial charge is 0.379 e. The maximum absolute atomic E-state index is 12.2. The molecular weight excluding hydrogens is 400 g/mol. The van der Waals surface area contributed by atoms with E-state index in [9.17, 15) is 8.42 Å². The molecule has 0 bridgehead atoms. The molecule has 2 rings (SSSR count). The summed E-state index contributed by atoms with van der Waals surface area (Å²) in [6.45, 7) is 5.47. The van der Waals surface area contributed by atoms with Crippen molar-refractivity contribution >= 4 is 10.1 Å². The van der Waals surface area contributed by atoms with E-state index >= 15 is 0 Å². The summed E-state index contributed by atoms with van der Waals surface area (Å²) in [6, 6.07) is 6.64. The molecule has 6 heteroatoms. The van der Waals surface area contributed by atoms with Gasteiger partial charge in [0.15, 0.2) is 0 Å². The van der Waals surface area contributed by atoms with Crippen LogP contribution in [0.3, 0.4) is 0 Å². The Kier molecular flexibility index (Phi) is 12.0. The Hall–Kier alpha value is -0.950. The summed E-state index contributed by atoms with van der Waals surface area (Å²) < 4.78 is 40.6. The van der Waals surface area contributed by atoms with E-state index in [0.717, 1.165) is 18.6 Å². The van der Waals surface area contributed by atoms with Crippen LogP contribution >= 0.6 is 0 Å². The third kappa shape index (κ3) is 10.4. The monoisotopic (exact) mass is 440 g/mol. The maximum atomic E-state index is 12.2. The number of hydrogen-bond donors (Lipinski definition) is 0. The molecule has 1 aromatic rings. The average Bonchev–Trinajstić information content (AvgIpc) is 3.49. The molecule has 1 aromatic carbocycles. The van der Waals surface area contributed by atoms with Crippen molar-refractivity contribution in [1.82, 2.24) is 0 Å². The van der Waals surface area contributed by atoms with E-state index in [1.54, 1.807) is 24.3 Å². The lowest BCUT2D eigenvalue weighted by Gasteiger charge is -2.05. The molecule has 1 fully saturated rings. The maximum Gasteiger partial charge on any atom is 0.297 e. The minimum atomic E-state index is -3.72. The van der Waals surface area contributed by atoms with E-state index in [4.69, 9.17) is 13.7 Å². The third-order valence-electron chi connectivity index (χ3n) is 5.56. The van der Waals surface area contributed by atoms with Crippen LogP contribution in [-0.2, 0) is 23.8 Å². The van der Waals surface area contributed by atoms with Crippen molar-refractivity contribution in [3.8, 4) is 0 Å². The molecule has 172 valence electrons. The topological polar surface area (TPSA) is 65.1 Å². The van der Waals surface area contributed by atoms with Gasteiger partial charge in [-0.3, -0.25) is 4.18 Å². The van der Waals surface area contributed by atoms with E-state index in [0.29, 0.717) is 6.61 Å². The molecule has 1 saturated heterocycles. The van der Waals surface area contributed by atoms with E-state index in [-0.39, 0.29) is 23.7 Å². The number of rotatable bonds is 18. The van der Waals surface area contributed by atoms with Crippen molar-refractivity contribution in [3.63, 3.8) is 0 Å². The summed E-state index contributed by atoms with van der Waals surface area (Å²) in [4.78, 5) is 0.179. The smallest absolute Gasteiger partial charge is 0.297 e. The van der Waals surface area contributed by atoms with E-state index in [1.807, 2.05) is 6.92 Å². The van der Waals surface area contributed by atoms with Gasteiger partial charge in [-0.25, -0.2) is 0 Å². The van der Waals surface area contributed by atoms with Crippen LogP contribution in [-0.4, -0.2) is 40.4 Å². The SMILES string of the molecule is CCCCCCCCCCCCCOC[C@H]1O[C@H]1COS(=O)(=O)c1ccc(C)cc1. The van der Waals surface area contributed by atoms with E-state index < -0.39 is 10.1 Å². The second-order valence-corrected chi connectivity index (χ2v) is 9.99. The van der Waals surface area contributed by atoms with Gasteiger partial charge in [0, 0.05) is 6.61 Å². The number of aryl methyl sites for hydroxylation is 1. The highest BCUT2D eigenvalue weighted by Gasteiger charge is 2.40. The first-order valence-corrected chi connectivity index (χ1v) is 13.1. The fraction of sp³-hybridized carbons (Fsp3) is 0.750. The summed E-state index contributed by atoms with van der Waals surface area (Å²) in [7, 11) is -3.72. The van der Waals surface area contributed by atoms with Crippen LogP contribution in [0.25, 0.3) is 0 Å². The van der Waals surface area contributed by atoms with Gasteiger partial charge in [-0.2, -0.15) is 8.42 Å². The normalized spacial score (nSPS) is 18.6. The van der Waals surface area contributed by atoms with Gasteiger partial charge in [-0.1, -0.05) is 88.8 Å². The Morgan fingerprint density at radius 1 is 0.800 bits per heavy atom. The lowest BCUT2D eigenvalue weighted by atomic mass is 10.1. The molecular formula is C24H40O5S. The number of epoxide rings is 1. The van der Waals surface area contributed by atoms with Gasteiger partial charge in [0.2, 0.25) is 0 Å². The quantitative estimate of drug-likeness (QED) is 0.164. The molecule has 2 atom stereocenters. The molecule has 5 nitrogen and oxygen atoms in total. The molecule has 1 aliphatic rings. The molecule has 1 aliphatic heterocycles. The minimum Gasteiger partial charge on any atom is -0.379 e. The van der Waals surface area contributed by atoms with Crippen LogP contribution < -0.4 is 0 Å². The molecule has 0 aromatic heterocycles. The molecule has 1 heterocycles. The van der Waals surface area contributed by atoms with Crippen molar-refractivity contribution in [2.24, 2.45) is 0 Å². The van der Waals surface area contributed by atoms with Crippen molar-refractivity contribution in [2.45, 2.75) is 102 Å². The van der Waals surface area contributed by atoms with Gasteiger partial charge in [-0.15, -0.1) is 0 Å². The standard InChI is InChI=1S/C24H40O5S/c1-3-4-5-6-7-8-9-10-11-12-13-18-27-19-23-24(29-23)20-28-30(25,26)22-16-14-21(2)15-17-22/h14-17,23-24H,3-13,18-20H2,1-2H3/t23-,24+/m1/s1. The average molecular weight is 441 g/mol. The summed E-state index contributed by atoms with van der Waals surface area (Å²) in [5.74, 6) is 0. The number of hydrogen-bond acceptors (Lipinski definition) is 5. The Labute approximate surface area is 183 Å². The zero-order valence-corrected chi connectivity index (χ0v) is 19.6. The summed E-state index contributed by atoms with van der Waals surface area (Å²) in [5, 5.41) is 0. The van der Waals surface area contributed by atoms with Crippen molar-refractivity contribution < 1.29 is 22.1 Å². The van der Waals surface area contributed by atoms with E-state index in [1.165, 1.54) is 64.2 Å². The lowest BCUT2D eigenvalue weighted by molar-refractivity contribution is 0.113. The Morgan fingerprint density at radius 3 is 1.93 bits per heavy atom.